The van der Waals surface area contributed by atoms with E-state index < -0.39 is 10.0 Å². The first-order valence-electron chi connectivity index (χ1n) is 6.11. The molecular weight excluding hydrogens is 278 g/mol. The van der Waals surface area contributed by atoms with Gasteiger partial charge in [0.05, 0.1) is 16.3 Å². The number of sulfonamides is 1. The second kappa shape index (κ2) is 5.93. The Morgan fingerprint density at radius 1 is 1.35 bits per heavy atom. The molecule has 0 amide bonds. The summed E-state index contributed by atoms with van der Waals surface area (Å²) in [7, 11) is -3.72. The zero-order chi connectivity index (χ0) is 14.6. The van der Waals surface area contributed by atoms with Crippen LogP contribution in [-0.4, -0.2) is 24.9 Å². The smallest absolute Gasteiger partial charge is 0.238 e. The Balaban J connectivity index is 1.90. The van der Waals surface area contributed by atoms with Gasteiger partial charge in [0.1, 0.15) is 5.82 Å². The number of nitrogens with one attached hydrogen (secondary N) is 2. The van der Waals surface area contributed by atoms with Crippen molar-refractivity contribution in [2.75, 3.05) is 17.6 Å². The van der Waals surface area contributed by atoms with E-state index in [0.717, 1.165) is 18.7 Å². The van der Waals surface area contributed by atoms with Gasteiger partial charge >= 0.3 is 0 Å². The van der Waals surface area contributed by atoms with Crippen LogP contribution in [0.3, 0.4) is 0 Å². The number of hydrogen-bond donors (Lipinski definition) is 4. The number of rotatable bonds is 6. The first-order valence-corrected chi connectivity index (χ1v) is 7.66. The first kappa shape index (κ1) is 14.4. The second-order valence-corrected chi connectivity index (χ2v) is 5.92. The molecule has 0 aliphatic carbocycles. The van der Waals surface area contributed by atoms with E-state index in [0.29, 0.717) is 17.9 Å². The summed E-state index contributed by atoms with van der Waals surface area (Å²) in [5.74, 6) is 0.935. The SMILES string of the molecule is Nc1cc(S(N)(=O)=O)ccc1NCCCc1ncc[nH]1. The average Bonchev–Trinajstić information content (AvgIpc) is 2.88. The minimum atomic E-state index is -3.72. The van der Waals surface area contributed by atoms with Crippen molar-refractivity contribution >= 4 is 21.4 Å². The molecule has 0 fully saturated rings. The van der Waals surface area contributed by atoms with Crippen LogP contribution in [0.15, 0.2) is 35.5 Å². The molecule has 0 unspecified atom stereocenters. The van der Waals surface area contributed by atoms with E-state index in [4.69, 9.17) is 10.9 Å². The van der Waals surface area contributed by atoms with Gasteiger partial charge in [0.15, 0.2) is 0 Å². The van der Waals surface area contributed by atoms with Crippen LogP contribution in [0.5, 0.6) is 0 Å². The lowest BCUT2D eigenvalue weighted by atomic mass is 10.2. The van der Waals surface area contributed by atoms with Crippen molar-refractivity contribution in [3.63, 3.8) is 0 Å². The van der Waals surface area contributed by atoms with Crippen LogP contribution < -0.4 is 16.2 Å². The summed E-state index contributed by atoms with van der Waals surface area (Å²) in [4.78, 5) is 7.17. The van der Waals surface area contributed by atoms with Gasteiger partial charge in [0, 0.05) is 25.4 Å². The van der Waals surface area contributed by atoms with Gasteiger partial charge < -0.3 is 16.0 Å². The second-order valence-electron chi connectivity index (χ2n) is 4.36. The topological polar surface area (TPSA) is 127 Å². The minimum Gasteiger partial charge on any atom is -0.397 e. The lowest BCUT2D eigenvalue weighted by Gasteiger charge is -2.10. The maximum atomic E-state index is 11.2. The highest BCUT2D eigenvalue weighted by Crippen LogP contribution is 2.21. The monoisotopic (exact) mass is 295 g/mol. The van der Waals surface area contributed by atoms with Crippen LogP contribution >= 0.6 is 0 Å². The molecule has 0 bridgehead atoms. The molecule has 0 aliphatic heterocycles. The van der Waals surface area contributed by atoms with Gasteiger partial charge in [0.2, 0.25) is 10.0 Å². The highest BCUT2D eigenvalue weighted by molar-refractivity contribution is 7.89. The number of H-pyrrole nitrogens is 1. The predicted molar refractivity (Wildman–Crippen MR) is 77.6 cm³/mol. The van der Waals surface area contributed by atoms with Crippen molar-refractivity contribution in [1.29, 1.82) is 0 Å². The molecule has 0 atom stereocenters. The Labute approximate surface area is 117 Å². The number of hydrogen-bond acceptors (Lipinski definition) is 5. The summed E-state index contributed by atoms with van der Waals surface area (Å²) in [6.07, 6.45) is 5.21. The standard InChI is InChI=1S/C12H17N5O2S/c13-10-8-9(20(14,18)19)3-4-11(10)15-5-1-2-12-16-6-7-17-12/h3-4,6-8,15H,1-2,5,13H2,(H,16,17)(H2,14,18,19). The summed E-state index contributed by atoms with van der Waals surface area (Å²) in [5.41, 5.74) is 6.84. The Hall–Kier alpha value is -2.06. The summed E-state index contributed by atoms with van der Waals surface area (Å²) in [5, 5.41) is 8.19. The molecule has 0 saturated carbocycles. The quantitative estimate of drug-likeness (QED) is 0.460. The number of aryl methyl sites for hydroxylation is 1. The fourth-order valence-electron chi connectivity index (χ4n) is 1.79. The average molecular weight is 295 g/mol. The molecule has 0 aliphatic rings. The predicted octanol–water partition coefficient (Wildman–Crippen LogP) is 0.684. The van der Waals surface area contributed by atoms with Gasteiger partial charge in [-0.05, 0) is 24.6 Å². The molecule has 2 rings (SSSR count). The van der Waals surface area contributed by atoms with Crippen LogP contribution in [0.25, 0.3) is 0 Å². The normalized spacial score (nSPS) is 11.4. The van der Waals surface area contributed by atoms with Crippen molar-refractivity contribution in [1.82, 2.24) is 9.97 Å². The third-order valence-corrected chi connectivity index (χ3v) is 3.72. The third kappa shape index (κ3) is 3.72. The van der Waals surface area contributed by atoms with Crippen molar-refractivity contribution in [2.24, 2.45) is 5.14 Å². The lowest BCUT2D eigenvalue weighted by molar-refractivity contribution is 0.598. The number of imidazole rings is 1. The van der Waals surface area contributed by atoms with Crippen molar-refractivity contribution in [3.8, 4) is 0 Å². The van der Waals surface area contributed by atoms with E-state index >= 15 is 0 Å². The van der Waals surface area contributed by atoms with E-state index in [2.05, 4.69) is 15.3 Å². The number of anilines is 2. The van der Waals surface area contributed by atoms with Gasteiger partial charge in [-0.3, -0.25) is 0 Å². The fraction of sp³-hybridized carbons (Fsp3) is 0.250. The number of aromatic amines is 1. The van der Waals surface area contributed by atoms with Crippen LogP contribution in [-0.2, 0) is 16.4 Å². The number of nitrogens with zero attached hydrogens (tertiary/aromatic N) is 1. The zero-order valence-corrected chi connectivity index (χ0v) is 11.7. The summed E-state index contributed by atoms with van der Waals surface area (Å²) >= 11 is 0. The Morgan fingerprint density at radius 3 is 2.75 bits per heavy atom. The number of benzene rings is 1. The number of nitrogen functional groups attached to an aromatic ring is 1. The van der Waals surface area contributed by atoms with Crippen LogP contribution in [0, 0.1) is 0 Å². The molecule has 2 aromatic rings. The van der Waals surface area contributed by atoms with Crippen LogP contribution in [0.4, 0.5) is 11.4 Å². The van der Waals surface area contributed by atoms with Gasteiger partial charge in [-0.1, -0.05) is 0 Å². The molecule has 7 nitrogen and oxygen atoms in total. The molecule has 1 aromatic heterocycles. The molecule has 20 heavy (non-hydrogen) atoms. The molecule has 8 heteroatoms. The van der Waals surface area contributed by atoms with Crippen LogP contribution in [0.2, 0.25) is 0 Å². The van der Waals surface area contributed by atoms with Gasteiger partial charge in [-0.15, -0.1) is 0 Å². The van der Waals surface area contributed by atoms with E-state index in [1.54, 1.807) is 18.5 Å². The first-order chi connectivity index (χ1) is 9.47. The molecule has 108 valence electrons. The molecule has 0 radical (unpaired) electrons. The maximum Gasteiger partial charge on any atom is 0.238 e. The summed E-state index contributed by atoms with van der Waals surface area (Å²) in [6.45, 7) is 0.708. The van der Waals surface area contributed by atoms with Crippen molar-refractivity contribution in [2.45, 2.75) is 17.7 Å². The number of primary sulfonamides is 1. The van der Waals surface area contributed by atoms with Crippen molar-refractivity contribution in [3.05, 3.63) is 36.4 Å². The van der Waals surface area contributed by atoms with E-state index in [1.165, 1.54) is 12.1 Å². The summed E-state index contributed by atoms with van der Waals surface area (Å²) < 4.78 is 22.4. The third-order valence-electron chi connectivity index (χ3n) is 2.81. The lowest BCUT2D eigenvalue weighted by Crippen LogP contribution is -2.13. The summed E-state index contributed by atoms with van der Waals surface area (Å²) in [6, 6.07) is 4.40. The Kier molecular flexibility index (Phi) is 4.26. The zero-order valence-electron chi connectivity index (χ0n) is 10.8. The largest absolute Gasteiger partial charge is 0.397 e. The molecule has 1 aromatic carbocycles. The molecule has 0 saturated heterocycles. The molecule has 0 spiro atoms. The molecular formula is C12H17N5O2S. The van der Waals surface area contributed by atoms with Crippen molar-refractivity contribution < 1.29 is 8.42 Å². The number of nitrogens with two attached hydrogens (primary N) is 2. The van der Waals surface area contributed by atoms with Gasteiger partial charge in [-0.2, -0.15) is 0 Å². The van der Waals surface area contributed by atoms with E-state index in [1.807, 2.05) is 0 Å². The minimum absolute atomic E-state index is 0.0103. The Morgan fingerprint density at radius 2 is 2.15 bits per heavy atom. The van der Waals surface area contributed by atoms with Gasteiger partial charge in [-0.25, -0.2) is 18.5 Å². The van der Waals surface area contributed by atoms with Gasteiger partial charge in [0.25, 0.3) is 0 Å². The van der Waals surface area contributed by atoms with Crippen LogP contribution in [0.1, 0.15) is 12.2 Å². The van der Waals surface area contributed by atoms with E-state index in [9.17, 15) is 8.42 Å². The number of aromatic nitrogens is 2. The molecule has 6 N–H and O–H groups in total. The fourth-order valence-corrected chi connectivity index (χ4v) is 2.34. The highest BCUT2D eigenvalue weighted by Gasteiger charge is 2.09. The maximum absolute atomic E-state index is 11.2. The molecule has 1 heterocycles. The highest BCUT2D eigenvalue weighted by atomic mass is 32.2. The Bertz CT molecular complexity index is 667. The van der Waals surface area contributed by atoms with E-state index in [-0.39, 0.29) is 4.90 Å².